The molecule has 0 saturated heterocycles. The molecule has 0 aliphatic heterocycles. The average Bonchev–Trinajstić information content (AvgIpc) is 1.38. The van der Waals surface area contributed by atoms with E-state index in [0.717, 1.165) is 0 Å². The second-order valence-corrected chi connectivity index (χ2v) is 1.37. The van der Waals surface area contributed by atoms with Gasteiger partial charge in [-0.1, -0.05) is 11.6 Å². The van der Waals surface area contributed by atoms with Crippen LogP contribution in [0.3, 0.4) is 0 Å². The molecule has 0 aliphatic carbocycles. The van der Waals surface area contributed by atoms with Gasteiger partial charge in [-0.3, -0.25) is 4.70 Å². The molecular formula is C5H11F. The van der Waals surface area contributed by atoms with E-state index < -0.39 is 0 Å². The lowest BCUT2D eigenvalue weighted by Gasteiger charge is -1.74. The molecule has 0 nitrogen and oxygen atoms in total. The SMILES string of the molecule is CC=C(C)C.F. The van der Waals surface area contributed by atoms with Crippen molar-refractivity contribution in [1.29, 1.82) is 0 Å². The van der Waals surface area contributed by atoms with Crippen molar-refractivity contribution < 1.29 is 4.70 Å². The molecule has 0 aromatic heterocycles. The largest absolute Gasteiger partial charge is 0.269 e. The number of halogens is 1. The van der Waals surface area contributed by atoms with Crippen LogP contribution in [0.2, 0.25) is 0 Å². The van der Waals surface area contributed by atoms with Crippen LogP contribution < -0.4 is 0 Å². The van der Waals surface area contributed by atoms with Gasteiger partial charge in [0.1, 0.15) is 0 Å². The Balaban J connectivity index is 0. The summed E-state index contributed by atoms with van der Waals surface area (Å²) in [5.74, 6) is 0. The standard InChI is InChI=1S/C5H10.FH/c1-4-5(2)3;/h4H,1-3H3;1H. The molecular weight excluding hydrogens is 79.1 g/mol. The first-order valence-electron chi connectivity index (χ1n) is 1.87. The maximum atomic E-state index is 2.08. The van der Waals surface area contributed by atoms with Crippen molar-refractivity contribution in [2.45, 2.75) is 20.8 Å². The molecule has 0 amide bonds. The fourth-order valence-electron chi connectivity index (χ4n) is 0. The van der Waals surface area contributed by atoms with Gasteiger partial charge in [0, 0.05) is 0 Å². The van der Waals surface area contributed by atoms with Gasteiger partial charge in [-0.25, -0.2) is 0 Å². The molecule has 0 aliphatic rings. The molecule has 0 aromatic rings. The van der Waals surface area contributed by atoms with Gasteiger partial charge < -0.3 is 0 Å². The third-order valence-electron chi connectivity index (χ3n) is 0.577. The van der Waals surface area contributed by atoms with Gasteiger partial charge in [-0.2, -0.15) is 0 Å². The minimum atomic E-state index is 0. The first-order valence-corrected chi connectivity index (χ1v) is 1.87. The second kappa shape index (κ2) is 4.67. The highest BCUT2D eigenvalue weighted by molar-refractivity contribution is 4.88. The van der Waals surface area contributed by atoms with Gasteiger partial charge >= 0.3 is 0 Å². The summed E-state index contributed by atoms with van der Waals surface area (Å²) >= 11 is 0. The minimum Gasteiger partial charge on any atom is -0.269 e. The van der Waals surface area contributed by atoms with E-state index in [9.17, 15) is 0 Å². The number of rotatable bonds is 0. The van der Waals surface area contributed by atoms with Gasteiger partial charge in [0.2, 0.25) is 0 Å². The maximum Gasteiger partial charge on any atom is -0.0442 e. The molecule has 6 heavy (non-hydrogen) atoms. The third-order valence-corrected chi connectivity index (χ3v) is 0.577. The van der Waals surface area contributed by atoms with E-state index in [0.29, 0.717) is 0 Å². The van der Waals surface area contributed by atoms with Crippen LogP contribution in [0.5, 0.6) is 0 Å². The van der Waals surface area contributed by atoms with Crippen molar-refractivity contribution in [3.63, 3.8) is 0 Å². The summed E-state index contributed by atoms with van der Waals surface area (Å²) in [6.45, 7) is 6.20. The summed E-state index contributed by atoms with van der Waals surface area (Å²) < 4.78 is 0. The molecule has 0 N–H and O–H groups in total. The van der Waals surface area contributed by atoms with Crippen molar-refractivity contribution in [2.75, 3.05) is 0 Å². The highest BCUT2D eigenvalue weighted by Crippen LogP contribution is 1.82. The van der Waals surface area contributed by atoms with E-state index in [1.807, 2.05) is 6.92 Å². The minimum absolute atomic E-state index is 0. The number of hydrogen-bond donors (Lipinski definition) is 0. The first-order chi connectivity index (χ1) is 2.27. The predicted octanol–water partition coefficient (Wildman–Crippen LogP) is 2.13. The highest BCUT2D eigenvalue weighted by Gasteiger charge is 1.60. The Morgan fingerprint density at radius 3 is 1.50 bits per heavy atom. The van der Waals surface area contributed by atoms with Gasteiger partial charge in [0.15, 0.2) is 0 Å². The van der Waals surface area contributed by atoms with Crippen LogP contribution in [0.15, 0.2) is 11.6 Å². The van der Waals surface area contributed by atoms with E-state index in [1.165, 1.54) is 5.57 Å². The van der Waals surface area contributed by atoms with E-state index in [4.69, 9.17) is 0 Å². The van der Waals surface area contributed by atoms with E-state index in [2.05, 4.69) is 19.9 Å². The number of allylic oxidation sites excluding steroid dienone is 2. The summed E-state index contributed by atoms with van der Waals surface area (Å²) in [5, 5.41) is 0. The van der Waals surface area contributed by atoms with Crippen molar-refractivity contribution in [3.8, 4) is 0 Å². The average molecular weight is 90.1 g/mol. The van der Waals surface area contributed by atoms with Crippen molar-refractivity contribution in [2.24, 2.45) is 0 Å². The fraction of sp³-hybridized carbons (Fsp3) is 0.600. The molecule has 0 saturated carbocycles. The maximum absolute atomic E-state index is 2.08. The van der Waals surface area contributed by atoms with Crippen molar-refractivity contribution >= 4 is 0 Å². The van der Waals surface area contributed by atoms with Crippen LogP contribution >= 0.6 is 0 Å². The highest BCUT2D eigenvalue weighted by atomic mass is 19.0. The third kappa shape index (κ3) is 9.38. The molecule has 0 aromatic carbocycles. The van der Waals surface area contributed by atoms with E-state index in [1.54, 1.807) is 0 Å². The molecule has 38 valence electrons. The van der Waals surface area contributed by atoms with Crippen molar-refractivity contribution in [3.05, 3.63) is 11.6 Å². The zero-order valence-corrected chi connectivity index (χ0v) is 4.49. The molecule has 0 bridgehead atoms. The van der Waals surface area contributed by atoms with Crippen LogP contribution in [0.1, 0.15) is 20.8 Å². The van der Waals surface area contributed by atoms with Crippen LogP contribution in [-0.2, 0) is 0 Å². The van der Waals surface area contributed by atoms with Crippen LogP contribution in [0.4, 0.5) is 4.70 Å². The predicted molar refractivity (Wildman–Crippen MR) is 27.6 cm³/mol. The summed E-state index contributed by atoms with van der Waals surface area (Å²) in [7, 11) is 0. The Labute approximate surface area is 38.2 Å². The van der Waals surface area contributed by atoms with Crippen LogP contribution in [0.25, 0.3) is 0 Å². The second-order valence-electron chi connectivity index (χ2n) is 1.37. The van der Waals surface area contributed by atoms with E-state index in [-0.39, 0.29) is 4.70 Å². The Morgan fingerprint density at radius 2 is 1.50 bits per heavy atom. The first kappa shape index (κ1) is 9.18. The fourth-order valence-corrected chi connectivity index (χ4v) is 0. The molecule has 0 spiro atoms. The van der Waals surface area contributed by atoms with Gasteiger partial charge in [-0.05, 0) is 20.8 Å². The molecule has 0 radical (unpaired) electrons. The summed E-state index contributed by atoms with van der Waals surface area (Å²) in [6, 6.07) is 0. The summed E-state index contributed by atoms with van der Waals surface area (Å²) in [4.78, 5) is 0. The van der Waals surface area contributed by atoms with Gasteiger partial charge in [0.05, 0.1) is 0 Å². The zero-order chi connectivity index (χ0) is 4.28. The Bertz CT molecular complexity index is 41.9. The molecule has 0 atom stereocenters. The quantitative estimate of drug-likeness (QED) is 0.400. The number of hydrogen-bond acceptors (Lipinski definition) is 0. The zero-order valence-electron chi connectivity index (χ0n) is 4.49. The Morgan fingerprint density at radius 1 is 1.33 bits per heavy atom. The Hall–Kier alpha value is -0.330. The lowest BCUT2D eigenvalue weighted by molar-refractivity contribution is 1.11. The van der Waals surface area contributed by atoms with Crippen molar-refractivity contribution in [1.82, 2.24) is 0 Å². The van der Waals surface area contributed by atoms with Crippen LogP contribution in [-0.4, -0.2) is 0 Å². The Kier molecular flexibility index (Phi) is 7.15. The smallest absolute Gasteiger partial charge is 0.0442 e. The van der Waals surface area contributed by atoms with Gasteiger partial charge in [0.25, 0.3) is 0 Å². The monoisotopic (exact) mass is 90.1 g/mol. The lowest BCUT2D eigenvalue weighted by atomic mass is 10.3. The normalized spacial score (nSPS) is 5.83. The topological polar surface area (TPSA) is 0 Å². The molecule has 1 heteroatoms. The molecule has 0 heterocycles. The molecule has 0 fully saturated rings. The molecule has 0 unspecified atom stereocenters. The summed E-state index contributed by atoms with van der Waals surface area (Å²) in [6.07, 6.45) is 2.08. The lowest BCUT2D eigenvalue weighted by Crippen LogP contribution is -1.52. The van der Waals surface area contributed by atoms with Crippen LogP contribution in [0, 0.1) is 0 Å². The molecule has 0 rings (SSSR count). The van der Waals surface area contributed by atoms with Gasteiger partial charge in [-0.15, -0.1) is 0 Å². The van der Waals surface area contributed by atoms with E-state index >= 15 is 0 Å². The summed E-state index contributed by atoms with van der Waals surface area (Å²) in [5.41, 5.74) is 1.38.